The van der Waals surface area contributed by atoms with E-state index in [4.69, 9.17) is 14.7 Å². The first-order valence-corrected chi connectivity index (χ1v) is 15.7. The van der Waals surface area contributed by atoms with E-state index in [0.717, 1.165) is 48.6 Å². The number of ether oxygens (including phenoxy) is 1. The second-order valence-corrected chi connectivity index (χ2v) is 13.1. The van der Waals surface area contributed by atoms with E-state index >= 15 is 0 Å². The highest BCUT2D eigenvalue weighted by Gasteiger charge is 2.45. The Labute approximate surface area is 239 Å². The molecule has 39 heavy (non-hydrogen) atoms. The highest BCUT2D eigenvalue weighted by molar-refractivity contribution is 9.10. The summed E-state index contributed by atoms with van der Waals surface area (Å²) in [5.41, 5.74) is 3.90. The minimum atomic E-state index is 0.189. The zero-order chi connectivity index (χ0) is 26.0. The number of benzene rings is 2. The van der Waals surface area contributed by atoms with Gasteiger partial charge in [0.05, 0.1) is 17.8 Å². The van der Waals surface area contributed by atoms with Gasteiger partial charge in [-0.1, -0.05) is 40.2 Å². The second kappa shape index (κ2) is 9.60. The lowest BCUT2D eigenvalue weighted by molar-refractivity contribution is 0.107. The molecule has 0 aliphatic carbocycles. The summed E-state index contributed by atoms with van der Waals surface area (Å²) in [6.45, 7) is 6.91. The molecule has 1 aromatic heterocycles. The maximum Gasteiger partial charge on any atom is 0.318 e. The molecular formula is C31H37BrN6O. The van der Waals surface area contributed by atoms with Gasteiger partial charge < -0.3 is 19.9 Å². The maximum atomic E-state index is 6.56. The largest absolute Gasteiger partial charge is 0.461 e. The Morgan fingerprint density at radius 1 is 0.949 bits per heavy atom. The molecule has 6 heterocycles. The molecule has 4 fully saturated rings. The van der Waals surface area contributed by atoms with Crippen LogP contribution >= 0.6 is 15.9 Å². The number of anilines is 2. The molecule has 1 N–H and O–H groups in total. The van der Waals surface area contributed by atoms with Crippen LogP contribution in [0.3, 0.4) is 0 Å². The molecule has 2 unspecified atom stereocenters. The average Bonchev–Trinajstić information content (AvgIpc) is 3.64. The average molecular weight is 590 g/mol. The summed E-state index contributed by atoms with van der Waals surface area (Å²) in [5, 5.41) is 6.32. The van der Waals surface area contributed by atoms with Crippen LogP contribution in [-0.4, -0.2) is 71.8 Å². The molecule has 8 rings (SSSR count). The lowest BCUT2D eigenvalue weighted by Crippen LogP contribution is -2.52. The van der Waals surface area contributed by atoms with E-state index in [2.05, 4.69) is 72.3 Å². The van der Waals surface area contributed by atoms with E-state index < -0.39 is 0 Å². The van der Waals surface area contributed by atoms with E-state index in [-0.39, 0.29) is 5.54 Å². The van der Waals surface area contributed by atoms with Crippen LogP contribution in [0.4, 0.5) is 11.5 Å². The first kappa shape index (κ1) is 24.4. The van der Waals surface area contributed by atoms with Crippen LogP contribution in [0, 0.1) is 0 Å². The van der Waals surface area contributed by atoms with Gasteiger partial charge in [-0.3, -0.25) is 4.90 Å². The van der Waals surface area contributed by atoms with Crippen LogP contribution in [0.25, 0.3) is 10.8 Å². The van der Waals surface area contributed by atoms with Crippen LogP contribution in [0.1, 0.15) is 49.8 Å². The maximum absolute atomic E-state index is 6.56. The number of nitrogens with one attached hydrogen (secondary N) is 1. The summed E-state index contributed by atoms with van der Waals surface area (Å²) in [6.07, 6.45) is 8.49. The minimum Gasteiger partial charge on any atom is -0.461 e. The molecule has 3 aromatic rings. The summed E-state index contributed by atoms with van der Waals surface area (Å²) in [4.78, 5) is 18.0. The van der Waals surface area contributed by atoms with E-state index in [0.29, 0.717) is 24.7 Å². The summed E-state index contributed by atoms with van der Waals surface area (Å²) < 4.78 is 7.70. The minimum absolute atomic E-state index is 0.189. The summed E-state index contributed by atoms with van der Waals surface area (Å²) >= 11 is 3.82. The number of aromatic nitrogens is 2. The molecule has 2 atom stereocenters. The predicted octanol–water partition coefficient (Wildman–Crippen LogP) is 4.90. The number of rotatable bonds is 5. The van der Waals surface area contributed by atoms with Gasteiger partial charge in [0.2, 0.25) is 0 Å². The van der Waals surface area contributed by atoms with Crippen LogP contribution in [0.15, 0.2) is 40.9 Å². The van der Waals surface area contributed by atoms with Gasteiger partial charge in [0.1, 0.15) is 12.4 Å². The van der Waals surface area contributed by atoms with Gasteiger partial charge in [-0.2, -0.15) is 9.97 Å². The number of hydrogen-bond acceptors (Lipinski definition) is 7. The van der Waals surface area contributed by atoms with Gasteiger partial charge in [0, 0.05) is 52.8 Å². The Hall–Kier alpha value is -2.42. The molecule has 5 aliphatic rings. The van der Waals surface area contributed by atoms with Crippen LogP contribution in [0.2, 0.25) is 0 Å². The molecule has 0 saturated carbocycles. The fourth-order valence-corrected chi connectivity index (χ4v) is 8.67. The second-order valence-electron chi connectivity index (χ2n) is 12.3. The third-order valence-corrected chi connectivity index (χ3v) is 10.7. The monoisotopic (exact) mass is 588 g/mol. The third-order valence-electron chi connectivity index (χ3n) is 9.99. The molecule has 0 radical (unpaired) electrons. The van der Waals surface area contributed by atoms with Gasteiger partial charge in [0.25, 0.3) is 0 Å². The Morgan fingerprint density at radius 3 is 2.51 bits per heavy atom. The Kier molecular flexibility index (Phi) is 6.00. The number of piperazine rings is 1. The fraction of sp³-hybridized carbons (Fsp3) is 0.548. The molecule has 7 nitrogen and oxygen atoms in total. The van der Waals surface area contributed by atoms with Gasteiger partial charge >= 0.3 is 6.01 Å². The van der Waals surface area contributed by atoms with E-state index in [1.165, 1.54) is 73.6 Å². The lowest BCUT2D eigenvalue weighted by Gasteiger charge is -2.38. The van der Waals surface area contributed by atoms with Gasteiger partial charge in [-0.15, -0.1) is 0 Å². The number of nitrogens with zero attached hydrogens (tertiary/aromatic N) is 5. The molecular weight excluding hydrogens is 552 g/mol. The first-order valence-electron chi connectivity index (χ1n) is 14.9. The highest BCUT2D eigenvalue weighted by atomic mass is 79.9. The zero-order valence-corrected chi connectivity index (χ0v) is 24.1. The van der Waals surface area contributed by atoms with Crippen molar-refractivity contribution in [2.45, 2.75) is 69.1 Å². The molecule has 204 valence electrons. The van der Waals surface area contributed by atoms with E-state index in [1.54, 1.807) is 0 Å². The Balaban J connectivity index is 1.15. The van der Waals surface area contributed by atoms with Crippen molar-refractivity contribution in [1.82, 2.24) is 20.2 Å². The smallest absolute Gasteiger partial charge is 0.318 e. The molecule has 0 amide bonds. The topological polar surface area (TPSA) is 56.8 Å². The SMILES string of the molecule is Brc1cccc2cccc(N3CCc4c(nc(OCC56CCCN5CCC6)nc4N4CC5CCC(C4)N5)C3)c12. The van der Waals surface area contributed by atoms with Crippen molar-refractivity contribution < 1.29 is 4.74 Å². The van der Waals surface area contributed by atoms with Crippen molar-refractivity contribution in [2.75, 3.05) is 49.1 Å². The Morgan fingerprint density at radius 2 is 1.72 bits per heavy atom. The van der Waals surface area contributed by atoms with Crippen molar-refractivity contribution in [3.05, 3.63) is 52.1 Å². The van der Waals surface area contributed by atoms with Gasteiger partial charge in [-0.05, 0) is 75.6 Å². The van der Waals surface area contributed by atoms with E-state index in [9.17, 15) is 0 Å². The number of fused-ring (bicyclic) bond motifs is 5. The third kappa shape index (κ3) is 4.21. The number of halogens is 1. The molecule has 4 saturated heterocycles. The standard InChI is InChI=1S/C31H37BrN6O/c32-25-7-1-5-21-6-2-8-27(28(21)25)36-16-11-24-26(19-36)34-30(39-20-31-12-3-14-38(31)15-4-13-31)35-29(24)37-17-22-9-10-23(18-37)33-22/h1-2,5-8,22-23,33H,3-4,9-20H2. The highest BCUT2D eigenvalue weighted by Crippen LogP contribution is 2.40. The molecule has 2 aromatic carbocycles. The van der Waals surface area contributed by atoms with Crippen molar-refractivity contribution >= 4 is 38.2 Å². The lowest BCUT2D eigenvalue weighted by atomic mass is 9.95. The molecule has 0 spiro atoms. The first-order chi connectivity index (χ1) is 19.1. The molecule has 8 heteroatoms. The fourth-order valence-electron chi connectivity index (χ4n) is 8.09. The van der Waals surface area contributed by atoms with Crippen LogP contribution in [-0.2, 0) is 13.0 Å². The van der Waals surface area contributed by atoms with E-state index in [1.807, 2.05) is 0 Å². The Bertz CT molecular complexity index is 1390. The van der Waals surface area contributed by atoms with Crippen LogP contribution in [0.5, 0.6) is 6.01 Å². The predicted molar refractivity (Wildman–Crippen MR) is 159 cm³/mol. The normalized spacial score (nSPS) is 25.8. The summed E-state index contributed by atoms with van der Waals surface area (Å²) in [7, 11) is 0. The van der Waals surface area contributed by atoms with Crippen LogP contribution < -0.4 is 19.9 Å². The van der Waals surface area contributed by atoms with Crippen molar-refractivity contribution in [2.24, 2.45) is 0 Å². The van der Waals surface area contributed by atoms with Crippen molar-refractivity contribution in [3.8, 4) is 6.01 Å². The quantitative estimate of drug-likeness (QED) is 0.455. The summed E-state index contributed by atoms with van der Waals surface area (Å²) in [6, 6.07) is 14.8. The molecule has 2 bridgehead atoms. The van der Waals surface area contributed by atoms with Crippen molar-refractivity contribution in [3.63, 3.8) is 0 Å². The van der Waals surface area contributed by atoms with Crippen molar-refractivity contribution in [1.29, 1.82) is 0 Å². The van der Waals surface area contributed by atoms with Gasteiger partial charge in [-0.25, -0.2) is 0 Å². The molecule has 5 aliphatic heterocycles. The zero-order valence-electron chi connectivity index (χ0n) is 22.5. The summed E-state index contributed by atoms with van der Waals surface area (Å²) in [5.74, 6) is 1.12. The van der Waals surface area contributed by atoms with Gasteiger partial charge in [0.15, 0.2) is 0 Å². The number of hydrogen-bond donors (Lipinski definition) is 1.